The minimum Gasteiger partial charge on any atom is -0.368 e. The molecule has 0 bridgehead atoms. The Labute approximate surface area is 176 Å². The number of nitrogens with one attached hydrogen (secondary N) is 1. The normalized spacial score (nSPS) is 18.0. The Morgan fingerprint density at radius 3 is 2.59 bits per heavy atom. The number of allylic oxidation sites excluding steroid dienone is 1. The summed E-state index contributed by atoms with van der Waals surface area (Å²) in [6, 6.07) is 4.96. The number of ether oxygens (including phenoxy) is 1. The number of anilines is 1. The summed E-state index contributed by atoms with van der Waals surface area (Å²) >= 11 is 5.61. The first-order chi connectivity index (χ1) is 13.4. The van der Waals surface area contributed by atoms with Crippen molar-refractivity contribution >= 4 is 40.2 Å². The number of amidine groups is 2. The van der Waals surface area contributed by atoms with E-state index in [2.05, 4.69) is 4.99 Å². The van der Waals surface area contributed by atoms with Crippen LogP contribution in [0.2, 0.25) is 0 Å². The number of urea groups is 1. The van der Waals surface area contributed by atoms with Crippen LogP contribution in [0.25, 0.3) is 0 Å². The highest BCUT2D eigenvalue weighted by molar-refractivity contribution is 6.65. The van der Waals surface area contributed by atoms with E-state index in [9.17, 15) is 9.59 Å². The summed E-state index contributed by atoms with van der Waals surface area (Å²) < 4.78 is 5.59. The largest absolute Gasteiger partial charge is 0.368 e. The average Bonchev–Trinajstić information content (AvgIpc) is 2.63. The Morgan fingerprint density at radius 1 is 1.38 bits per heavy atom. The first kappa shape index (κ1) is 22.8. The van der Waals surface area contributed by atoms with Crippen LogP contribution in [0.15, 0.2) is 34.8 Å². The third-order valence-electron chi connectivity index (χ3n) is 4.46. The standard InChI is InChI=1S/C21H27ClN4O3/c1-7-14-11-26(20(28)25(6)18(14)24-19(22)23)16-10-15(9-8-13(16)2)17(27)12-29-21(3,4)5/h7-10,23H,11-12H2,1-6H3/b14-7-,23-19?,24-18?. The van der Waals surface area contributed by atoms with Crippen molar-refractivity contribution in [1.29, 1.82) is 5.41 Å². The van der Waals surface area contributed by atoms with Gasteiger partial charge in [-0.2, -0.15) is 0 Å². The Balaban J connectivity index is 2.38. The van der Waals surface area contributed by atoms with Gasteiger partial charge < -0.3 is 4.74 Å². The number of hydrogen-bond acceptors (Lipinski definition) is 4. The topological polar surface area (TPSA) is 86.1 Å². The Morgan fingerprint density at radius 2 is 2.03 bits per heavy atom. The van der Waals surface area contributed by atoms with Crippen molar-refractivity contribution in [2.24, 2.45) is 4.99 Å². The highest BCUT2D eigenvalue weighted by Crippen LogP contribution is 2.28. The number of Topliss-reactive ketones (excluding diaryl/α,β-unsaturated/α-hetero) is 1. The highest BCUT2D eigenvalue weighted by atomic mass is 35.5. The van der Waals surface area contributed by atoms with Gasteiger partial charge in [0.2, 0.25) is 5.29 Å². The maximum atomic E-state index is 13.0. The Kier molecular flexibility index (Phi) is 6.97. The fourth-order valence-electron chi connectivity index (χ4n) is 2.88. The lowest BCUT2D eigenvalue weighted by Crippen LogP contribution is -2.52. The molecule has 2 rings (SSSR count). The number of halogens is 1. The lowest BCUT2D eigenvalue weighted by atomic mass is 10.0. The molecule has 0 spiro atoms. The first-order valence-electron chi connectivity index (χ1n) is 9.26. The van der Waals surface area contributed by atoms with Crippen LogP contribution >= 0.6 is 11.6 Å². The summed E-state index contributed by atoms with van der Waals surface area (Å²) in [7, 11) is 1.58. The van der Waals surface area contributed by atoms with Gasteiger partial charge in [-0.15, -0.1) is 0 Å². The number of nitrogens with zero attached hydrogens (tertiary/aromatic N) is 3. The van der Waals surface area contributed by atoms with Crippen LogP contribution in [-0.2, 0) is 4.74 Å². The molecule has 0 saturated carbocycles. The van der Waals surface area contributed by atoms with Crippen LogP contribution in [0.1, 0.15) is 43.6 Å². The Hall–Kier alpha value is -2.51. The van der Waals surface area contributed by atoms with Crippen molar-refractivity contribution in [2.45, 2.75) is 40.2 Å². The van der Waals surface area contributed by atoms with Gasteiger partial charge in [0.1, 0.15) is 12.4 Å². The van der Waals surface area contributed by atoms with Gasteiger partial charge >= 0.3 is 6.03 Å². The predicted molar refractivity (Wildman–Crippen MR) is 116 cm³/mol. The number of carbonyl (C=O) groups is 2. The van der Waals surface area contributed by atoms with Crippen molar-refractivity contribution in [3.05, 3.63) is 41.0 Å². The fourth-order valence-corrected chi connectivity index (χ4v) is 2.96. The molecule has 2 amide bonds. The van der Waals surface area contributed by atoms with Gasteiger partial charge in [0.05, 0.1) is 12.1 Å². The van der Waals surface area contributed by atoms with E-state index in [4.69, 9.17) is 21.7 Å². The molecule has 1 N–H and O–H groups in total. The van der Waals surface area contributed by atoms with Gasteiger partial charge in [-0.3, -0.25) is 20.0 Å². The number of carbonyl (C=O) groups excluding carboxylic acids is 2. The molecule has 1 aromatic rings. The third kappa shape index (κ3) is 5.52. The zero-order chi connectivity index (χ0) is 21.9. The maximum Gasteiger partial charge on any atom is 0.330 e. The first-order valence-corrected chi connectivity index (χ1v) is 9.63. The van der Waals surface area contributed by atoms with E-state index in [0.717, 1.165) is 11.1 Å². The lowest BCUT2D eigenvalue weighted by Gasteiger charge is -2.36. The van der Waals surface area contributed by atoms with Crippen LogP contribution in [0.3, 0.4) is 0 Å². The Bertz CT molecular complexity index is 900. The van der Waals surface area contributed by atoms with Crippen LogP contribution in [-0.4, -0.2) is 53.6 Å². The van der Waals surface area contributed by atoms with Crippen molar-refractivity contribution < 1.29 is 14.3 Å². The average molecular weight is 419 g/mol. The van der Waals surface area contributed by atoms with E-state index in [1.54, 1.807) is 24.1 Å². The highest BCUT2D eigenvalue weighted by Gasteiger charge is 2.33. The molecule has 1 aliphatic heterocycles. The summed E-state index contributed by atoms with van der Waals surface area (Å²) in [6.45, 7) is 9.62. The fraction of sp³-hybridized carbons (Fsp3) is 0.429. The second kappa shape index (κ2) is 8.88. The summed E-state index contributed by atoms with van der Waals surface area (Å²) in [5.74, 6) is 0.195. The molecule has 1 heterocycles. The van der Waals surface area contributed by atoms with E-state index in [0.29, 0.717) is 17.1 Å². The van der Waals surface area contributed by atoms with Gasteiger partial charge in [0.15, 0.2) is 5.78 Å². The molecule has 0 aliphatic carbocycles. The molecular weight excluding hydrogens is 392 g/mol. The van der Waals surface area contributed by atoms with Crippen molar-refractivity contribution in [3.63, 3.8) is 0 Å². The number of ketones is 1. The SMILES string of the molecule is C/C=C1/CN(c2cc(C(=O)COC(C)(C)C)ccc2C)C(=O)N(C)C1=NC(=N)Cl. The van der Waals surface area contributed by atoms with E-state index in [1.807, 2.05) is 46.8 Å². The number of likely N-dealkylation sites (N-methyl/N-ethyl adjacent to an activating group) is 1. The van der Waals surface area contributed by atoms with E-state index < -0.39 is 10.9 Å². The minimum atomic E-state index is -0.415. The van der Waals surface area contributed by atoms with E-state index in [-0.39, 0.29) is 25.0 Å². The van der Waals surface area contributed by atoms with Gasteiger partial charge in [-0.25, -0.2) is 9.79 Å². The second-order valence-electron chi connectivity index (χ2n) is 7.79. The van der Waals surface area contributed by atoms with Crippen LogP contribution in [0.4, 0.5) is 10.5 Å². The molecule has 0 atom stereocenters. The van der Waals surface area contributed by atoms with Gasteiger partial charge in [0.25, 0.3) is 0 Å². The van der Waals surface area contributed by atoms with Crippen molar-refractivity contribution in [3.8, 4) is 0 Å². The minimum absolute atomic E-state index is 0.0331. The molecule has 0 radical (unpaired) electrons. The molecule has 1 aromatic carbocycles. The van der Waals surface area contributed by atoms with Crippen LogP contribution in [0.5, 0.6) is 0 Å². The molecule has 1 aliphatic rings. The molecular formula is C21H27ClN4O3. The quantitative estimate of drug-likeness (QED) is 0.340. The number of benzene rings is 1. The zero-order valence-electron chi connectivity index (χ0n) is 17.7. The summed E-state index contributed by atoms with van der Waals surface area (Å²) in [5.41, 5.74) is 2.32. The number of aliphatic imine (C=N–C) groups is 1. The summed E-state index contributed by atoms with van der Waals surface area (Å²) in [6.07, 6.45) is 1.83. The molecule has 0 unspecified atom stereocenters. The molecule has 156 valence electrons. The molecule has 29 heavy (non-hydrogen) atoms. The summed E-state index contributed by atoms with van der Waals surface area (Å²) in [5, 5.41) is 7.02. The molecule has 0 aromatic heterocycles. The van der Waals surface area contributed by atoms with E-state index >= 15 is 0 Å². The number of hydrogen-bond donors (Lipinski definition) is 1. The van der Waals surface area contributed by atoms with Crippen molar-refractivity contribution in [2.75, 3.05) is 25.1 Å². The number of amides is 2. The smallest absolute Gasteiger partial charge is 0.330 e. The van der Waals surface area contributed by atoms with Gasteiger partial charge in [-0.1, -0.05) is 18.2 Å². The predicted octanol–water partition coefficient (Wildman–Crippen LogP) is 4.38. The monoisotopic (exact) mass is 418 g/mol. The number of rotatable bonds is 4. The van der Waals surface area contributed by atoms with Gasteiger partial charge in [-0.05, 0) is 57.8 Å². The molecule has 1 saturated heterocycles. The third-order valence-corrected chi connectivity index (χ3v) is 4.55. The zero-order valence-corrected chi connectivity index (χ0v) is 18.4. The van der Waals surface area contributed by atoms with E-state index in [1.165, 1.54) is 4.90 Å². The second-order valence-corrected chi connectivity index (χ2v) is 8.15. The molecule has 1 fully saturated rings. The lowest BCUT2D eigenvalue weighted by molar-refractivity contribution is 0.00307. The summed E-state index contributed by atoms with van der Waals surface area (Å²) in [4.78, 5) is 32.5. The van der Waals surface area contributed by atoms with Crippen LogP contribution in [0, 0.1) is 12.3 Å². The molecule has 7 nitrogen and oxygen atoms in total. The maximum absolute atomic E-state index is 13.0. The van der Waals surface area contributed by atoms with Crippen molar-refractivity contribution in [1.82, 2.24) is 4.90 Å². The molecule has 8 heteroatoms. The van der Waals surface area contributed by atoms with Crippen LogP contribution < -0.4 is 4.90 Å². The number of aryl methyl sites for hydroxylation is 1. The van der Waals surface area contributed by atoms with Gasteiger partial charge in [0, 0.05) is 23.9 Å².